The second kappa shape index (κ2) is 5.08. The molecule has 0 unspecified atom stereocenters. The van der Waals surface area contributed by atoms with Crippen LogP contribution in [0.3, 0.4) is 0 Å². The largest absolute Gasteiger partial charge is 0.431 e. The molecule has 0 saturated heterocycles. The van der Waals surface area contributed by atoms with Gasteiger partial charge in [0.2, 0.25) is 0 Å². The molecule has 0 aromatic heterocycles. The van der Waals surface area contributed by atoms with Crippen molar-refractivity contribution < 1.29 is 30.5 Å². The third kappa shape index (κ3) is 3.58. The van der Waals surface area contributed by atoms with Crippen molar-refractivity contribution in [2.45, 2.75) is 37.4 Å². The first-order valence-corrected chi connectivity index (χ1v) is 5.23. The van der Waals surface area contributed by atoms with Crippen LogP contribution >= 0.6 is 0 Å². The van der Waals surface area contributed by atoms with Crippen molar-refractivity contribution in [3.63, 3.8) is 0 Å². The lowest BCUT2D eigenvalue weighted by atomic mass is 10.1. The fourth-order valence-electron chi connectivity index (χ4n) is 0.733. The van der Waals surface area contributed by atoms with Crippen molar-refractivity contribution in [2.24, 2.45) is 0 Å². The predicted molar refractivity (Wildman–Crippen MR) is 46.0 cm³/mol. The van der Waals surface area contributed by atoms with E-state index in [1.807, 2.05) is 0 Å². The summed E-state index contributed by atoms with van der Waals surface area (Å²) in [5, 5.41) is -5.42. The summed E-state index contributed by atoms with van der Waals surface area (Å²) in [5.41, 5.74) is 0. The van der Waals surface area contributed by atoms with Crippen LogP contribution in [0.1, 0.15) is 26.2 Å². The van der Waals surface area contributed by atoms with Gasteiger partial charge >= 0.3 is 21.3 Å². The van der Waals surface area contributed by atoms with Crippen LogP contribution in [0, 0.1) is 0 Å². The number of rotatable bonds is 5. The molecule has 0 rings (SSSR count). The molecule has 0 aliphatic rings. The van der Waals surface area contributed by atoms with Crippen LogP contribution in [0.5, 0.6) is 0 Å². The molecule has 15 heavy (non-hydrogen) atoms. The molecule has 0 radical (unpaired) electrons. The molecule has 4 nitrogen and oxygen atoms in total. The molecule has 9 heteroatoms. The van der Waals surface area contributed by atoms with Crippen LogP contribution in [0.15, 0.2) is 0 Å². The van der Waals surface area contributed by atoms with E-state index in [1.165, 1.54) is 6.92 Å². The van der Waals surface area contributed by atoms with Gasteiger partial charge in [-0.1, -0.05) is 13.3 Å². The highest BCUT2D eigenvalue weighted by Crippen LogP contribution is 2.41. The first kappa shape index (κ1) is 17.0. The molecule has 0 spiro atoms. The summed E-state index contributed by atoms with van der Waals surface area (Å²) in [6.45, 7) is 1.49. The molecule has 0 bridgehead atoms. The van der Waals surface area contributed by atoms with E-state index in [0.29, 0.717) is 0 Å². The lowest BCUT2D eigenvalue weighted by Crippen LogP contribution is -2.46. The highest BCUT2D eigenvalue weighted by molar-refractivity contribution is 7.87. The van der Waals surface area contributed by atoms with E-state index in [1.54, 1.807) is 0 Å². The van der Waals surface area contributed by atoms with Crippen molar-refractivity contribution in [1.82, 2.24) is 6.15 Å². The molecular formula is C6H13F4NO3S. The maximum Gasteiger partial charge on any atom is 0.431 e. The van der Waals surface area contributed by atoms with Gasteiger partial charge in [0.25, 0.3) is 0 Å². The SMILES string of the molecule is CCCCC(F)(F)C(F)(F)S(=O)(=O)O.N. The zero-order valence-corrected chi connectivity index (χ0v) is 8.83. The van der Waals surface area contributed by atoms with Crippen molar-refractivity contribution in [2.75, 3.05) is 0 Å². The molecule has 0 saturated carbocycles. The Morgan fingerprint density at radius 3 is 1.87 bits per heavy atom. The molecule has 0 fully saturated rings. The first-order chi connectivity index (χ1) is 6.06. The average molecular weight is 255 g/mol. The Bertz CT molecular complexity index is 291. The third-order valence-corrected chi connectivity index (χ3v) is 2.54. The maximum atomic E-state index is 12.6. The van der Waals surface area contributed by atoms with Gasteiger partial charge in [-0.2, -0.15) is 26.0 Å². The Balaban J connectivity index is 0. The van der Waals surface area contributed by atoms with Gasteiger partial charge in [0.05, 0.1) is 0 Å². The Morgan fingerprint density at radius 1 is 1.20 bits per heavy atom. The summed E-state index contributed by atoms with van der Waals surface area (Å²) in [6, 6.07) is 0. The highest BCUT2D eigenvalue weighted by atomic mass is 32.2. The monoisotopic (exact) mass is 255 g/mol. The van der Waals surface area contributed by atoms with E-state index in [2.05, 4.69) is 0 Å². The number of hydrogen-bond donors (Lipinski definition) is 2. The van der Waals surface area contributed by atoms with E-state index in [-0.39, 0.29) is 19.0 Å². The molecule has 0 aliphatic carbocycles. The minimum absolute atomic E-state index is 0. The van der Waals surface area contributed by atoms with Crippen molar-refractivity contribution in [3.8, 4) is 0 Å². The van der Waals surface area contributed by atoms with E-state index in [9.17, 15) is 26.0 Å². The Morgan fingerprint density at radius 2 is 1.60 bits per heavy atom. The summed E-state index contributed by atoms with van der Waals surface area (Å²) in [5.74, 6) is -4.74. The smallest absolute Gasteiger partial charge is 0.344 e. The zero-order valence-electron chi connectivity index (χ0n) is 8.01. The number of unbranched alkanes of at least 4 members (excludes halogenated alkanes) is 1. The van der Waals surface area contributed by atoms with Crippen LogP contribution in [0.4, 0.5) is 17.6 Å². The Labute approximate surface area is 85.0 Å². The summed E-state index contributed by atoms with van der Waals surface area (Å²) in [7, 11) is -6.07. The van der Waals surface area contributed by atoms with Gasteiger partial charge in [-0.15, -0.1) is 0 Å². The van der Waals surface area contributed by atoms with Gasteiger partial charge in [0.15, 0.2) is 0 Å². The van der Waals surface area contributed by atoms with Gasteiger partial charge in [-0.25, -0.2) is 0 Å². The number of halogens is 4. The number of alkyl halides is 4. The predicted octanol–water partition coefficient (Wildman–Crippen LogP) is 2.45. The minimum atomic E-state index is -6.07. The van der Waals surface area contributed by atoms with E-state index >= 15 is 0 Å². The van der Waals surface area contributed by atoms with Gasteiger partial charge in [0.1, 0.15) is 0 Å². The molecule has 0 aromatic rings. The first-order valence-electron chi connectivity index (χ1n) is 3.79. The van der Waals surface area contributed by atoms with Crippen LogP contribution in [0.25, 0.3) is 0 Å². The normalized spacial score (nSPS) is 13.5. The fraction of sp³-hybridized carbons (Fsp3) is 1.00. The van der Waals surface area contributed by atoms with Gasteiger partial charge in [0, 0.05) is 6.42 Å². The lowest BCUT2D eigenvalue weighted by molar-refractivity contribution is -0.164. The topological polar surface area (TPSA) is 89.4 Å². The fourth-order valence-corrected chi connectivity index (χ4v) is 1.21. The van der Waals surface area contributed by atoms with Crippen LogP contribution in [-0.2, 0) is 10.1 Å². The zero-order chi connectivity index (χ0) is 11.6. The molecule has 4 N–H and O–H groups in total. The van der Waals surface area contributed by atoms with Crippen molar-refractivity contribution in [1.29, 1.82) is 0 Å². The second-order valence-electron chi connectivity index (χ2n) is 2.80. The highest BCUT2D eigenvalue weighted by Gasteiger charge is 2.64. The van der Waals surface area contributed by atoms with E-state index < -0.39 is 27.7 Å². The average Bonchev–Trinajstić information content (AvgIpc) is 1.98. The summed E-state index contributed by atoms with van der Waals surface area (Å²) in [6.07, 6.45) is -1.31. The van der Waals surface area contributed by atoms with Crippen LogP contribution < -0.4 is 6.15 Å². The van der Waals surface area contributed by atoms with Crippen molar-refractivity contribution >= 4 is 10.1 Å². The standard InChI is InChI=1S/C6H10F4O3S.H3N/c1-2-3-4-5(7,8)6(9,10)14(11,12)13;/h2-4H2,1H3,(H,11,12,13);1H3. The molecular weight excluding hydrogens is 242 g/mol. The minimum Gasteiger partial charge on any atom is -0.344 e. The molecule has 0 amide bonds. The van der Waals surface area contributed by atoms with Gasteiger partial charge in [-0.05, 0) is 6.42 Å². The van der Waals surface area contributed by atoms with Crippen LogP contribution in [-0.4, -0.2) is 24.1 Å². The molecule has 0 atom stereocenters. The van der Waals surface area contributed by atoms with E-state index in [0.717, 1.165) is 0 Å². The summed E-state index contributed by atoms with van der Waals surface area (Å²) < 4.78 is 78.0. The molecule has 0 aliphatic heterocycles. The summed E-state index contributed by atoms with van der Waals surface area (Å²) >= 11 is 0. The van der Waals surface area contributed by atoms with Gasteiger partial charge in [-0.3, -0.25) is 4.55 Å². The Kier molecular flexibility index (Phi) is 5.76. The van der Waals surface area contributed by atoms with Gasteiger partial charge < -0.3 is 6.15 Å². The lowest BCUT2D eigenvalue weighted by Gasteiger charge is -2.23. The van der Waals surface area contributed by atoms with Crippen molar-refractivity contribution in [3.05, 3.63) is 0 Å². The number of hydrogen-bond acceptors (Lipinski definition) is 3. The molecule has 0 aromatic carbocycles. The van der Waals surface area contributed by atoms with E-state index in [4.69, 9.17) is 4.55 Å². The quantitative estimate of drug-likeness (QED) is 0.583. The van der Waals surface area contributed by atoms with Crippen LogP contribution in [0.2, 0.25) is 0 Å². The Hall–Kier alpha value is -0.410. The molecule has 94 valence electrons. The third-order valence-electron chi connectivity index (χ3n) is 1.59. The molecule has 0 heterocycles. The second-order valence-corrected chi connectivity index (χ2v) is 4.26. The summed E-state index contributed by atoms with van der Waals surface area (Å²) in [4.78, 5) is 0. The maximum absolute atomic E-state index is 12.6.